The maximum atomic E-state index is 12.7. The van der Waals surface area contributed by atoms with E-state index in [9.17, 15) is 9.59 Å². The first-order chi connectivity index (χ1) is 14.7. The zero-order valence-electron chi connectivity index (χ0n) is 16.7. The number of nitrogens with one attached hydrogen (secondary N) is 1. The minimum atomic E-state index is -0.571. The van der Waals surface area contributed by atoms with E-state index in [0.29, 0.717) is 29.2 Å². The van der Waals surface area contributed by atoms with Gasteiger partial charge in [-0.25, -0.2) is 0 Å². The number of carbonyl (C=O) groups is 2. The first-order valence-corrected chi connectivity index (χ1v) is 9.98. The number of ketones is 1. The molecule has 0 aromatic heterocycles. The highest BCUT2D eigenvalue weighted by Gasteiger charge is 2.13. The number of benzene rings is 3. The largest absolute Gasteiger partial charge is 0.493 e. The van der Waals surface area contributed by atoms with Crippen molar-refractivity contribution in [2.45, 2.75) is 19.3 Å². The molecule has 0 aliphatic carbocycles. The van der Waals surface area contributed by atoms with Crippen molar-refractivity contribution in [1.82, 2.24) is 0 Å². The molecule has 2 N–H and O–H groups in total. The number of amides is 1. The van der Waals surface area contributed by atoms with E-state index in [1.54, 1.807) is 42.5 Å². The van der Waals surface area contributed by atoms with Gasteiger partial charge in [-0.15, -0.1) is 0 Å². The minimum absolute atomic E-state index is 0.316. The van der Waals surface area contributed by atoms with E-state index in [4.69, 9.17) is 9.84 Å². The predicted octanol–water partition coefficient (Wildman–Crippen LogP) is 4.52. The summed E-state index contributed by atoms with van der Waals surface area (Å²) in [5, 5.41) is 11.8. The first-order valence-electron chi connectivity index (χ1n) is 9.98. The fraction of sp³-hybridized carbons (Fsp3) is 0.200. The zero-order chi connectivity index (χ0) is 21.2. The summed E-state index contributed by atoms with van der Waals surface area (Å²) in [5.74, 6) is -0.189. The van der Waals surface area contributed by atoms with Gasteiger partial charge in [0.25, 0.3) is 5.91 Å². The van der Waals surface area contributed by atoms with Crippen molar-refractivity contribution >= 4 is 17.4 Å². The van der Waals surface area contributed by atoms with Crippen LogP contribution in [-0.4, -0.2) is 30.0 Å². The molecule has 0 bridgehead atoms. The van der Waals surface area contributed by atoms with Crippen molar-refractivity contribution in [1.29, 1.82) is 0 Å². The van der Waals surface area contributed by atoms with Gasteiger partial charge < -0.3 is 15.2 Å². The van der Waals surface area contributed by atoms with Crippen molar-refractivity contribution in [3.63, 3.8) is 0 Å². The fourth-order valence-corrected chi connectivity index (χ4v) is 3.10. The average Bonchev–Trinajstić information content (AvgIpc) is 2.79. The number of anilines is 1. The minimum Gasteiger partial charge on any atom is -0.493 e. The summed E-state index contributed by atoms with van der Waals surface area (Å²) in [6, 6.07) is 23.9. The molecule has 5 nitrogen and oxygen atoms in total. The van der Waals surface area contributed by atoms with Gasteiger partial charge in [0, 0.05) is 11.3 Å². The maximum Gasteiger partial charge on any atom is 0.259 e. The monoisotopic (exact) mass is 403 g/mol. The lowest BCUT2D eigenvalue weighted by atomic mass is 10.1. The van der Waals surface area contributed by atoms with Crippen LogP contribution in [0.2, 0.25) is 0 Å². The van der Waals surface area contributed by atoms with Gasteiger partial charge in [-0.05, 0) is 49.1 Å². The van der Waals surface area contributed by atoms with Gasteiger partial charge in [-0.3, -0.25) is 9.59 Å². The molecule has 0 spiro atoms. The number of ether oxygens (including phenoxy) is 1. The molecular weight excluding hydrogens is 378 g/mol. The van der Waals surface area contributed by atoms with E-state index in [2.05, 4.69) is 17.4 Å². The highest BCUT2D eigenvalue weighted by molar-refractivity contribution is 6.07. The van der Waals surface area contributed by atoms with Crippen molar-refractivity contribution in [3.05, 3.63) is 95.6 Å². The van der Waals surface area contributed by atoms with Crippen LogP contribution in [0.5, 0.6) is 5.75 Å². The van der Waals surface area contributed by atoms with Crippen LogP contribution in [-0.2, 0) is 6.42 Å². The van der Waals surface area contributed by atoms with Gasteiger partial charge in [-0.2, -0.15) is 0 Å². The molecule has 1 amide bonds. The Morgan fingerprint density at radius 1 is 0.867 bits per heavy atom. The van der Waals surface area contributed by atoms with Crippen molar-refractivity contribution in [2.24, 2.45) is 0 Å². The molecule has 0 aliphatic heterocycles. The van der Waals surface area contributed by atoms with Crippen LogP contribution in [0.3, 0.4) is 0 Å². The van der Waals surface area contributed by atoms with Crippen molar-refractivity contribution < 1.29 is 19.4 Å². The molecule has 5 heteroatoms. The SMILES string of the molecule is O=C(CO)c1cccc(NC(=O)c2ccccc2OCCCCc2ccccc2)c1. The number of aryl methyl sites for hydroxylation is 1. The number of carbonyl (C=O) groups excluding carboxylic acids is 2. The predicted molar refractivity (Wildman–Crippen MR) is 117 cm³/mol. The van der Waals surface area contributed by atoms with Crippen LogP contribution in [0, 0.1) is 0 Å². The lowest BCUT2D eigenvalue weighted by molar-refractivity contribution is 0.0903. The summed E-state index contributed by atoms with van der Waals surface area (Å²) in [7, 11) is 0. The standard InChI is InChI=1S/C25H25NO4/c27-18-23(28)20-12-8-13-21(17-20)26-25(29)22-14-4-5-15-24(22)30-16-7-6-11-19-9-2-1-3-10-19/h1-5,8-10,12-15,17,27H,6-7,11,16,18H2,(H,26,29). The van der Waals surface area contributed by atoms with Gasteiger partial charge in [0.2, 0.25) is 0 Å². The molecule has 3 aromatic rings. The third kappa shape index (κ3) is 6.03. The second-order valence-electron chi connectivity index (χ2n) is 6.90. The van der Waals surface area contributed by atoms with Crippen molar-refractivity contribution in [3.8, 4) is 5.75 Å². The number of aliphatic hydroxyl groups excluding tert-OH is 1. The summed E-state index contributed by atoms with van der Waals surface area (Å²) >= 11 is 0. The van der Waals surface area contributed by atoms with Crippen LogP contribution in [0.4, 0.5) is 5.69 Å². The van der Waals surface area contributed by atoms with E-state index in [0.717, 1.165) is 19.3 Å². The van der Waals surface area contributed by atoms with E-state index in [-0.39, 0.29) is 5.91 Å². The van der Waals surface area contributed by atoms with Gasteiger partial charge in [0.1, 0.15) is 12.4 Å². The van der Waals surface area contributed by atoms with E-state index in [1.807, 2.05) is 24.3 Å². The normalized spacial score (nSPS) is 10.4. The lowest BCUT2D eigenvalue weighted by Gasteiger charge is -2.12. The summed E-state index contributed by atoms with van der Waals surface area (Å²) in [6.07, 6.45) is 2.88. The molecule has 0 heterocycles. The molecule has 0 saturated heterocycles. The Labute approximate surface area is 176 Å². The lowest BCUT2D eigenvalue weighted by Crippen LogP contribution is -2.14. The van der Waals surface area contributed by atoms with Crippen LogP contribution < -0.4 is 10.1 Å². The molecule has 0 fully saturated rings. The van der Waals surface area contributed by atoms with E-state index >= 15 is 0 Å². The second kappa shape index (κ2) is 10.9. The third-order valence-electron chi connectivity index (χ3n) is 4.68. The molecule has 0 unspecified atom stereocenters. The van der Waals surface area contributed by atoms with Gasteiger partial charge in [-0.1, -0.05) is 54.6 Å². The first kappa shape index (κ1) is 21.3. The molecule has 0 atom stereocenters. The Morgan fingerprint density at radius 2 is 1.63 bits per heavy atom. The number of Topliss-reactive ketones (excluding diaryl/α,β-unsaturated/α-hetero) is 1. The Hall–Kier alpha value is -3.44. The van der Waals surface area contributed by atoms with Crippen LogP contribution >= 0.6 is 0 Å². The number of hydrogen-bond acceptors (Lipinski definition) is 4. The maximum absolute atomic E-state index is 12.7. The number of rotatable bonds is 10. The Morgan fingerprint density at radius 3 is 2.43 bits per heavy atom. The molecule has 30 heavy (non-hydrogen) atoms. The molecule has 3 rings (SSSR count). The zero-order valence-corrected chi connectivity index (χ0v) is 16.7. The van der Waals surface area contributed by atoms with E-state index in [1.165, 1.54) is 5.56 Å². The Kier molecular flexibility index (Phi) is 7.75. The summed E-state index contributed by atoms with van der Waals surface area (Å²) < 4.78 is 5.87. The second-order valence-corrected chi connectivity index (χ2v) is 6.90. The topological polar surface area (TPSA) is 75.6 Å². The van der Waals surface area contributed by atoms with Gasteiger partial charge in [0.15, 0.2) is 5.78 Å². The Balaban J connectivity index is 1.56. The Bertz CT molecular complexity index is 985. The van der Waals surface area contributed by atoms with Crippen LogP contribution in [0.25, 0.3) is 0 Å². The van der Waals surface area contributed by atoms with Crippen LogP contribution in [0.1, 0.15) is 39.1 Å². The highest BCUT2D eigenvalue weighted by Crippen LogP contribution is 2.21. The quantitative estimate of drug-likeness (QED) is 0.386. The molecule has 0 aliphatic rings. The van der Waals surface area contributed by atoms with Crippen LogP contribution in [0.15, 0.2) is 78.9 Å². The van der Waals surface area contributed by atoms with E-state index < -0.39 is 12.4 Å². The fourth-order valence-electron chi connectivity index (χ4n) is 3.10. The molecular formula is C25H25NO4. The number of unbranched alkanes of at least 4 members (excludes halogenated alkanes) is 1. The summed E-state index contributed by atoms with van der Waals surface area (Å²) in [6.45, 7) is -0.0457. The average molecular weight is 403 g/mol. The molecule has 154 valence electrons. The third-order valence-corrected chi connectivity index (χ3v) is 4.68. The molecule has 3 aromatic carbocycles. The van der Waals surface area contributed by atoms with Crippen molar-refractivity contribution in [2.75, 3.05) is 18.5 Å². The molecule has 0 radical (unpaired) electrons. The summed E-state index contributed by atoms with van der Waals surface area (Å²) in [5.41, 5.74) is 2.56. The molecule has 0 saturated carbocycles. The number of aliphatic hydroxyl groups is 1. The number of hydrogen-bond donors (Lipinski definition) is 2. The van der Waals surface area contributed by atoms with Gasteiger partial charge >= 0.3 is 0 Å². The van der Waals surface area contributed by atoms with Gasteiger partial charge in [0.05, 0.1) is 12.2 Å². The summed E-state index contributed by atoms with van der Waals surface area (Å²) in [4.78, 5) is 24.4. The number of para-hydroxylation sites is 1. The highest BCUT2D eigenvalue weighted by atomic mass is 16.5. The smallest absolute Gasteiger partial charge is 0.259 e.